The van der Waals surface area contributed by atoms with Crippen LogP contribution in [-0.4, -0.2) is 198 Å². The first-order valence-electron chi connectivity index (χ1n) is 36.2. The number of primary amides is 1. The third-order valence-corrected chi connectivity index (χ3v) is 20.6. The molecule has 5 amide bonds. The number of halogens is 2. The van der Waals surface area contributed by atoms with Gasteiger partial charge in [0.15, 0.2) is 47.5 Å². The lowest BCUT2D eigenvalue weighted by Gasteiger charge is -2.44. The van der Waals surface area contributed by atoms with Crippen LogP contribution >= 0.6 is 23.2 Å². The van der Waals surface area contributed by atoms with E-state index in [1.165, 1.54) is 95.4 Å². The zero-order chi connectivity index (χ0) is 81.2. The van der Waals surface area contributed by atoms with Crippen LogP contribution in [0, 0.1) is 17.7 Å². The van der Waals surface area contributed by atoms with Crippen LogP contribution in [-0.2, 0) is 62.0 Å². The van der Waals surface area contributed by atoms with Gasteiger partial charge in [-0.3, -0.25) is 38.4 Å². The van der Waals surface area contributed by atoms with Crippen molar-refractivity contribution in [2.45, 2.75) is 209 Å². The van der Waals surface area contributed by atoms with Crippen LogP contribution < -0.4 is 52.3 Å². The molecule has 32 nitrogen and oxygen atoms in total. The summed E-state index contributed by atoms with van der Waals surface area (Å²) in [7, 11) is 1.50. The van der Waals surface area contributed by atoms with Gasteiger partial charge in [0.2, 0.25) is 41.6 Å². The largest absolute Gasteiger partial charge is 0.508 e. The molecule has 3 saturated heterocycles. The van der Waals surface area contributed by atoms with Gasteiger partial charge in [0.1, 0.15) is 83.4 Å². The van der Waals surface area contributed by atoms with Crippen molar-refractivity contribution in [1.29, 1.82) is 0 Å². The number of phenols is 3. The highest BCUT2D eigenvalue weighted by atomic mass is 35.5. The fourth-order valence-corrected chi connectivity index (χ4v) is 14.5. The number of amides is 5. The Morgan fingerprint density at radius 2 is 1.41 bits per heavy atom. The highest BCUT2D eigenvalue weighted by Gasteiger charge is 2.51. The van der Waals surface area contributed by atoms with Gasteiger partial charge in [0.25, 0.3) is 0 Å². The monoisotopic (exact) mass is 1580 g/mol. The number of carbonyl (C=O) groups excluding carboxylic acids is 8. The number of benzene rings is 5. The third kappa shape index (κ3) is 19.1. The van der Waals surface area contributed by atoms with E-state index in [1.54, 1.807) is 0 Å². The maximum atomic E-state index is 15.7. The number of para-hydroxylation sites is 1. The molecule has 110 heavy (non-hydrogen) atoms. The molecule has 7 bridgehead atoms. The van der Waals surface area contributed by atoms with Crippen molar-refractivity contribution in [3.8, 4) is 57.1 Å². The Hall–Kier alpha value is -8.68. The minimum absolute atomic E-state index is 0.0470. The van der Waals surface area contributed by atoms with E-state index in [9.17, 15) is 65.1 Å². The smallest absolute Gasteiger partial charge is 0.246 e. The Bertz CT molecular complexity index is 4330. The number of fused-ring (bicyclic) bond motifs is 16. The molecular formula is C76H93Cl2N7O25. The second kappa shape index (κ2) is 35.3. The molecule has 0 saturated carbocycles. The van der Waals surface area contributed by atoms with E-state index >= 15 is 19.2 Å². The molecule has 3 fully saturated rings. The third-order valence-electron chi connectivity index (χ3n) is 20.0. The number of aliphatic hydroxyl groups is 6. The van der Waals surface area contributed by atoms with Gasteiger partial charge < -0.3 is 122 Å². The molecule has 0 aromatic heterocycles. The fraction of sp³-hybridized carbons (Fsp3) is 0.500. The summed E-state index contributed by atoms with van der Waals surface area (Å²) in [4.78, 5) is 118. The number of ketones is 3. The first kappa shape index (κ1) is 82.3. The number of carbonyl (C=O) groups is 8. The molecule has 7 aliphatic heterocycles. The summed E-state index contributed by atoms with van der Waals surface area (Å²) in [6.45, 7) is 9.66. The average Bonchev–Trinajstić information content (AvgIpc) is 0.770. The molecule has 5 aromatic rings. The van der Waals surface area contributed by atoms with Crippen LogP contribution in [0.25, 0.3) is 11.1 Å². The molecule has 5 aromatic carbocycles. The topological polar surface area (TPSA) is 505 Å². The molecule has 0 aliphatic carbocycles. The minimum Gasteiger partial charge on any atom is -0.508 e. The first-order valence-corrected chi connectivity index (χ1v) is 36.5. The van der Waals surface area contributed by atoms with E-state index in [0.29, 0.717) is 0 Å². The highest BCUT2D eigenvalue weighted by Crippen LogP contribution is 2.50. The van der Waals surface area contributed by atoms with Gasteiger partial charge in [-0.25, -0.2) is 0 Å². The molecule has 7 aliphatic rings. The molecule has 21 atom stereocenters. The van der Waals surface area contributed by atoms with Crippen LogP contribution in [0.4, 0.5) is 0 Å². The van der Waals surface area contributed by atoms with Gasteiger partial charge in [-0.15, -0.1) is 0 Å². The predicted octanol–water partition coefficient (Wildman–Crippen LogP) is 4.04. The van der Waals surface area contributed by atoms with E-state index in [2.05, 4.69) is 26.6 Å². The van der Waals surface area contributed by atoms with Crippen LogP contribution in [0.1, 0.15) is 141 Å². The summed E-state index contributed by atoms with van der Waals surface area (Å²) in [5.74, 6) is -15.9. The SMILES string of the molecule is [3H]C1(C)CC(OC2C(Oc3c4cc5cc3Oc3ccc(cc3Cl)C(OC3CC(C)(N)C(O)C(C)O3)C(C(=O)NC(C(C)=O)c3cc(O)cc(O)c3-c3ccccc3O)NC(=O)CCC(=O)C5NC(=O)C(CC(N)=O)CC(=O)C(NC(=O)C(CC(C)C)NC)C(O)c3ccc(c(Cl)c3)O4)OC(CO)C(O)C2O)OC(C)C1O. The van der Waals surface area contributed by atoms with Crippen LogP contribution in [0.2, 0.25) is 10.0 Å². The number of likely N-dealkylation sites (N-methyl/N-ethyl adjacent to an activating group) is 1. The fourth-order valence-electron chi connectivity index (χ4n) is 14.1. The number of phenolic OH excluding ortho intramolecular Hbond substituents is 3. The second-order valence-electron chi connectivity index (χ2n) is 29.0. The second-order valence-corrected chi connectivity index (χ2v) is 29.8. The Balaban J connectivity index is 1.19. The van der Waals surface area contributed by atoms with E-state index in [4.69, 9.17) is 73.9 Å². The van der Waals surface area contributed by atoms with E-state index in [-0.39, 0.29) is 80.1 Å². The van der Waals surface area contributed by atoms with Gasteiger partial charge in [0, 0.05) is 62.6 Å². The number of aromatic hydroxyl groups is 3. The van der Waals surface area contributed by atoms with E-state index < -0.39 is 241 Å². The zero-order valence-corrected chi connectivity index (χ0v) is 62.8. The van der Waals surface area contributed by atoms with Gasteiger partial charge in [-0.1, -0.05) is 74.3 Å². The molecule has 21 unspecified atom stereocenters. The number of Topliss-reactive ketones (excluding diaryl/α,β-unsaturated/α-hetero) is 3. The average molecular weight is 1580 g/mol. The molecule has 0 radical (unpaired) electrons. The predicted molar refractivity (Wildman–Crippen MR) is 390 cm³/mol. The molecule has 18 N–H and O–H groups in total. The van der Waals surface area contributed by atoms with Crippen molar-refractivity contribution in [2.75, 3.05) is 13.7 Å². The summed E-state index contributed by atoms with van der Waals surface area (Å²) >= 11 is 14.5. The van der Waals surface area contributed by atoms with Crippen molar-refractivity contribution in [1.82, 2.24) is 26.6 Å². The van der Waals surface area contributed by atoms with Crippen molar-refractivity contribution < 1.29 is 124 Å². The lowest BCUT2D eigenvalue weighted by Crippen LogP contribution is -2.62. The Morgan fingerprint density at radius 1 is 0.764 bits per heavy atom. The maximum Gasteiger partial charge on any atom is 0.246 e. The number of nitrogens with one attached hydrogen (secondary N) is 5. The lowest BCUT2D eigenvalue weighted by molar-refractivity contribution is -0.332. The van der Waals surface area contributed by atoms with Crippen LogP contribution in [0.3, 0.4) is 0 Å². The van der Waals surface area contributed by atoms with Gasteiger partial charge >= 0.3 is 0 Å². The Labute approximate surface area is 643 Å². The van der Waals surface area contributed by atoms with Gasteiger partial charge in [0.05, 0.1) is 53.0 Å². The van der Waals surface area contributed by atoms with Crippen molar-refractivity contribution in [3.63, 3.8) is 0 Å². The first-order chi connectivity index (χ1) is 52.3. The van der Waals surface area contributed by atoms with E-state index in [0.717, 1.165) is 31.2 Å². The van der Waals surface area contributed by atoms with E-state index in [1.807, 2.05) is 13.8 Å². The maximum absolute atomic E-state index is 15.7. The van der Waals surface area contributed by atoms with Crippen molar-refractivity contribution >= 4 is 70.1 Å². The lowest BCUT2D eigenvalue weighted by atomic mass is 9.86. The number of rotatable bonds is 19. The summed E-state index contributed by atoms with van der Waals surface area (Å²) in [6.07, 6.45) is -25.0. The number of aliphatic hydroxyl groups excluding tert-OH is 6. The molecular weight excluding hydrogens is 1480 g/mol. The quantitative estimate of drug-likeness (QED) is 0.0555. The highest BCUT2D eigenvalue weighted by molar-refractivity contribution is 6.32. The summed E-state index contributed by atoms with van der Waals surface area (Å²) in [6, 6.07) is 8.51. The minimum atomic E-state index is -2.09. The molecule has 7 heterocycles. The van der Waals surface area contributed by atoms with Gasteiger partial charge in [-0.2, -0.15) is 0 Å². The molecule has 34 heteroatoms. The molecule has 0 spiro atoms. The molecule has 12 rings (SSSR count). The standard InChI is InChI=1S/C76H93Cl2N7O25/c1-31(2)19-45(81-8)73(101)85-62-49(92)23-39(26-55(79)93)72(100)84-61-38-24-52(105-50-16-13-36(65(62)96)21-43(50)77)69(110-75-70(67(98)66(97)54(30-86)107-75)108-57-20-32(3)64(95)34(5)103-57)53(25-38)106-51-17-14-37(22-44(51)78)68(109-58-29-76(7,80)71(99)35(6)104-58)63(82-56(94)18-15-47(61)90)74(102)83-60(33(4)87)42-27-40(88)28-48(91)59(42)41-11-9-10-12-46(41)89/h9-14,16-17,21-22,24-25,27-28,31-32,34-35,39,45,54,57-58,60-68,70-71,75,81,86,88-89,91,95-99H,15,18-20,23,26,29-30,80H2,1-8H3,(H2,79,93)(H,82,94)(H,83,102)(H,84,100)(H,85,101)/i32T. The number of hydrogen-bond acceptors (Lipinski definition) is 27. The molecule has 596 valence electrons. The van der Waals surface area contributed by atoms with Gasteiger partial charge in [-0.05, 0) is 124 Å². The van der Waals surface area contributed by atoms with Crippen molar-refractivity contribution in [2.24, 2.45) is 29.2 Å². The summed E-state index contributed by atoms with van der Waals surface area (Å²) < 4.78 is 60.5. The Kier molecular flexibility index (Phi) is 26.4. The normalized spacial score (nSPS) is 30.9. The number of ether oxygens (including phenoxy) is 8. The Morgan fingerprint density at radius 3 is 2.01 bits per heavy atom. The number of nitrogens with two attached hydrogens (primary N) is 2. The van der Waals surface area contributed by atoms with Crippen molar-refractivity contribution in [3.05, 3.63) is 117 Å². The summed E-state index contributed by atoms with van der Waals surface area (Å²) in [5, 5.41) is 115. The van der Waals surface area contributed by atoms with Crippen LogP contribution in [0.5, 0.6) is 46.0 Å². The summed E-state index contributed by atoms with van der Waals surface area (Å²) in [5.41, 5.74) is 9.99. The van der Waals surface area contributed by atoms with Crippen LogP contribution in [0.15, 0.2) is 84.9 Å². The zero-order valence-electron chi connectivity index (χ0n) is 62.3. The number of hydrogen-bond donors (Lipinski definition) is 16.